The summed E-state index contributed by atoms with van der Waals surface area (Å²) < 4.78 is 30.6. The number of hydrogen-bond donors (Lipinski definition) is 0. The highest BCUT2D eigenvalue weighted by Gasteiger charge is 2.41. The number of epoxide rings is 2. The van der Waals surface area contributed by atoms with Gasteiger partial charge in [0.05, 0.1) is 0 Å². The van der Waals surface area contributed by atoms with E-state index in [1.807, 2.05) is 13.8 Å². The van der Waals surface area contributed by atoms with E-state index in [1.54, 1.807) is 0 Å². The molecule has 2 saturated heterocycles. The van der Waals surface area contributed by atoms with E-state index in [-0.39, 0.29) is 24.8 Å². The van der Waals surface area contributed by atoms with Crippen LogP contribution in [0.2, 0.25) is 0 Å². The molecule has 5 nitrogen and oxygen atoms in total. The fourth-order valence-electron chi connectivity index (χ4n) is 0.797. The predicted octanol–water partition coefficient (Wildman–Crippen LogP) is 0.899. The van der Waals surface area contributed by atoms with Crippen LogP contribution in [-0.4, -0.2) is 24.8 Å². The monoisotopic (exact) mass is 194 g/mol. The second-order valence-corrected chi connectivity index (χ2v) is 3.88. The van der Waals surface area contributed by atoms with Gasteiger partial charge < -0.3 is 9.47 Å². The van der Waals surface area contributed by atoms with Crippen molar-refractivity contribution in [3.05, 3.63) is 0 Å². The summed E-state index contributed by atoms with van der Waals surface area (Å²) in [4.78, 5) is 0. The minimum atomic E-state index is -2.43. The second kappa shape index (κ2) is 3.09. The molecule has 6 heteroatoms. The Hall–Kier alpha value is 0.0700. The van der Waals surface area contributed by atoms with Crippen molar-refractivity contribution < 1.29 is 23.1 Å². The summed E-state index contributed by atoms with van der Waals surface area (Å²) in [5.41, 5.74) is 0. The molecule has 2 rings (SSSR count). The number of ether oxygens (including phenoxy) is 2. The van der Waals surface area contributed by atoms with E-state index in [1.165, 1.54) is 0 Å². The number of rotatable bonds is 4. The Labute approximate surface area is 70.9 Å². The first-order chi connectivity index (χ1) is 5.66. The predicted molar refractivity (Wildman–Crippen MR) is 39.8 cm³/mol. The van der Waals surface area contributed by atoms with Gasteiger partial charge in [0.1, 0.15) is 12.2 Å². The summed E-state index contributed by atoms with van der Waals surface area (Å²) in [5, 5.41) is 0. The summed E-state index contributed by atoms with van der Waals surface area (Å²) in [5.74, 6) is 0. The lowest BCUT2D eigenvalue weighted by Gasteiger charge is -1.98. The lowest BCUT2D eigenvalue weighted by molar-refractivity contribution is 0.117. The number of hydrogen-bond acceptors (Lipinski definition) is 5. The van der Waals surface area contributed by atoms with Gasteiger partial charge in [-0.05, 0) is 13.8 Å². The summed E-state index contributed by atoms with van der Waals surface area (Å²) in [6, 6.07) is 0. The summed E-state index contributed by atoms with van der Waals surface area (Å²) in [6.07, 6.45) is -0.601. The highest BCUT2D eigenvalue weighted by Crippen LogP contribution is 2.40. The van der Waals surface area contributed by atoms with Gasteiger partial charge in [-0.25, -0.2) is 0 Å². The van der Waals surface area contributed by atoms with Crippen LogP contribution >= 0.6 is 8.25 Å². The Morgan fingerprint density at radius 1 is 1.08 bits per heavy atom. The average molecular weight is 194 g/mol. The van der Waals surface area contributed by atoms with Crippen LogP contribution in [0.3, 0.4) is 0 Å². The van der Waals surface area contributed by atoms with Gasteiger partial charge >= 0.3 is 8.25 Å². The minimum absolute atomic E-state index is 0.0418. The molecule has 2 aliphatic rings. The third-order valence-electron chi connectivity index (χ3n) is 1.74. The molecule has 2 aliphatic heterocycles. The molecule has 0 aromatic carbocycles. The highest BCUT2D eigenvalue weighted by molar-refractivity contribution is 7.33. The first-order valence-corrected chi connectivity index (χ1v) is 5.07. The van der Waals surface area contributed by atoms with Crippen LogP contribution in [-0.2, 0) is 23.1 Å². The van der Waals surface area contributed by atoms with Crippen LogP contribution in [0.15, 0.2) is 0 Å². The van der Waals surface area contributed by atoms with Crippen molar-refractivity contribution >= 4 is 8.25 Å². The maximum Gasteiger partial charge on any atom is 0.323 e. The van der Waals surface area contributed by atoms with Gasteiger partial charge in [-0.3, -0.25) is 13.6 Å². The molecule has 0 spiro atoms. The zero-order chi connectivity index (χ0) is 8.72. The Balaban J connectivity index is 1.64. The average Bonchev–Trinajstić information content (AvgIpc) is 2.80. The van der Waals surface area contributed by atoms with E-state index in [0.29, 0.717) is 0 Å². The van der Waals surface area contributed by atoms with E-state index in [9.17, 15) is 4.57 Å². The molecule has 0 aliphatic carbocycles. The van der Waals surface area contributed by atoms with Crippen molar-refractivity contribution in [1.29, 1.82) is 0 Å². The van der Waals surface area contributed by atoms with Crippen molar-refractivity contribution in [3.8, 4) is 0 Å². The maximum absolute atomic E-state index is 11.0. The maximum atomic E-state index is 11.0. The largest absolute Gasteiger partial charge is 0.341 e. The standard InChI is InChI=1S/C6H11O5P/c1-3-5(8-3)10-12(7)11-6-4(2)9-6/h3-6,12H,1-2H3/t3-,4-,5+,6+/m1/s1. The molecule has 12 heavy (non-hydrogen) atoms. The van der Waals surface area contributed by atoms with E-state index in [2.05, 4.69) is 0 Å². The van der Waals surface area contributed by atoms with E-state index >= 15 is 0 Å². The Kier molecular flexibility index (Phi) is 2.23. The second-order valence-electron chi connectivity index (χ2n) is 2.90. The normalized spacial score (nSPS) is 44.9. The quantitative estimate of drug-likeness (QED) is 0.491. The molecular formula is C6H11O5P. The van der Waals surface area contributed by atoms with E-state index in [0.717, 1.165) is 0 Å². The molecule has 0 aromatic heterocycles. The lowest BCUT2D eigenvalue weighted by atomic mass is 10.5. The smallest absolute Gasteiger partial charge is 0.323 e. The molecule has 0 N–H and O–H groups in total. The molecule has 70 valence electrons. The molecule has 4 atom stereocenters. The molecule has 0 amide bonds. The first-order valence-electron chi connectivity index (χ1n) is 3.85. The van der Waals surface area contributed by atoms with Crippen LogP contribution in [0.4, 0.5) is 0 Å². The Morgan fingerprint density at radius 3 is 1.67 bits per heavy atom. The summed E-state index contributed by atoms with van der Waals surface area (Å²) in [7, 11) is -2.43. The molecule has 0 saturated carbocycles. The highest BCUT2D eigenvalue weighted by atomic mass is 31.1. The topological polar surface area (TPSA) is 60.6 Å². The summed E-state index contributed by atoms with van der Waals surface area (Å²) >= 11 is 0. The van der Waals surface area contributed by atoms with Crippen LogP contribution in [0.25, 0.3) is 0 Å². The SMILES string of the molecule is C[C@H]1O[C@H]1O[PH](=O)O[C@@H]1O[C@@H]1C. The van der Waals surface area contributed by atoms with Crippen LogP contribution in [0.5, 0.6) is 0 Å². The van der Waals surface area contributed by atoms with Crippen molar-refractivity contribution in [1.82, 2.24) is 0 Å². The van der Waals surface area contributed by atoms with Gasteiger partial charge in [-0.15, -0.1) is 0 Å². The van der Waals surface area contributed by atoms with Crippen molar-refractivity contribution in [2.45, 2.75) is 38.6 Å². The van der Waals surface area contributed by atoms with Gasteiger partial charge in [0.2, 0.25) is 0 Å². The molecule has 0 bridgehead atoms. The fourth-order valence-corrected chi connectivity index (χ4v) is 1.73. The molecular weight excluding hydrogens is 183 g/mol. The fraction of sp³-hybridized carbons (Fsp3) is 1.00. The van der Waals surface area contributed by atoms with Gasteiger partial charge in [-0.2, -0.15) is 0 Å². The molecule has 0 radical (unpaired) electrons. The van der Waals surface area contributed by atoms with Gasteiger partial charge in [0, 0.05) is 0 Å². The zero-order valence-corrected chi connectivity index (χ0v) is 7.85. The molecule has 2 heterocycles. The van der Waals surface area contributed by atoms with Crippen molar-refractivity contribution in [3.63, 3.8) is 0 Å². The zero-order valence-electron chi connectivity index (χ0n) is 6.85. The van der Waals surface area contributed by atoms with Crippen molar-refractivity contribution in [2.24, 2.45) is 0 Å². The molecule has 2 fully saturated rings. The van der Waals surface area contributed by atoms with Crippen molar-refractivity contribution in [2.75, 3.05) is 0 Å². The third-order valence-corrected chi connectivity index (χ3v) is 2.59. The van der Waals surface area contributed by atoms with Gasteiger partial charge in [-0.1, -0.05) is 0 Å². The van der Waals surface area contributed by atoms with E-state index < -0.39 is 8.25 Å². The van der Waals surface area contributed by atoms with Crippen LogP contribution in [0, 0.1) is 0 Å². The Bertz CT molecular complexity index is 188. The Morgan fingerprint density at radius 2 is 1.42 bits per heavy atom. The van der Waals surface area contributed by atoms with Crippen LogP contribution < -0.4 is 0 Å². The first kappa shape index (κ1) is 8.66. The lowest BCUT2D eigenvalue weighted by Crippen LogP contribution is -1.95. The molecule has 0 aromatic rings. The van der Waals surface area contributed by atoms with Gasteiger partial charge in [0.25, 0.3) is 0 Å². The summed E-state index contributed by atoms with van der Waals surface area (Å²) in [6.45, 7) is 3.69. The third kappa shape index (κ3) is 2.06. The van der Waals surface area contributed by atoms with Crippen LogP contribution in [0.1, 0.15) is 13.8 Å². The molecule has 0 unspecified atom stereocenters. The minimum Gasteiger partial charge on any atom is -0.341 e. The van der Waals surface area contributed by atoms with E-state index in [4.69, 9.17) is 18.5 Å². The van der Waals surface area contributed by atoms with Gasteiger partial charge in [0.15, 0.2) is 12.6 Å².